The molecule has 0 saturated carbocycles. The first-order valence-electron chi connectivity index (χ1n) is 7.30. The minimum Gasteiger partial charge on any atom is -0.454 e. The monoisotopic (exact) mass is 310 g/mol. The molecule has 2 aromatic carbocycles. The van der Waals surface area contributed by atoms with Gasteiger partial charge in [0.15, 0.2) is 11.5 Å². The summed E-state index contributed by atoms with van der Waals surface area (Å²) in [6.07, 6.45) is 1.85. The third-order valence-corrected chi connectivity index (χ3v) is 4.13. The Morgan fingerprint density at radius 3 is 2.87 bits per heavy atom. The highest BCUT2D eigenvalue weighted by Gasteiger charge is 2.25. The number of nitrogens with zero attached hydrogens (tertiary/aromatic N) is 1. The third-order valence-electron chi connectivity index (χ3n) is 4.13. The second kappa shape index (κ2) is 5.31. The average molecular weight is 310 g/mol. The molecule has 1 unspecified atom stereocenters. The predicted molar refractivity (Wildman–Crippen MR) is 84.6 cm³/mol. The number of benzene rings is 2. The van der Waals surface area contributed by atoms with Gasteiger partial charge in [-0.15, -0.1) is 0 Å². The van der Waals surface area contributed by atoms with Crippen LogP contribution in [0.4, 0.5) is 0 Å². The molecule has 0 radical (unpaired) electrons. The van der Waals surface area contributed by atoms with Gasteiger partial charge in [-0.1, -0.05) is 24.3 Å². The van der Waals surface area contributed by atoms with Crippen LogP contribution in [0.5, 0.6) is 11.5 Å². The summed E-state index contributed by atoms with van der Waals surface area (Å²) in [6, 6.07) is 13.3. The van der Waals surface area contributed by atoms with Crippen molar-refractivity contribution >= 4 is 10.9 Å². The Morgan fingerprint density at radius 1 is 1.17 bits per heavy atom. The number of para-hydroxylation sites is 1. The summed E-state index contributed by atoms with van der Waals surface area (Å²) in [5, 5.41) is 12.2. The molecule has 116 valence electrons. The summed E-state index contributed by atoms with van der Waals surface area (Å²) in [4.78, 5) is 14.1. The quantitative estimate of drug-likeness (QED) is 0.592. The molecule has 23 heavy (non-hydrogen) atoms. The van der Waals surface area contributed by atoms with Gasteiger partial charge in [0.05, 0.1) is 5.92 Å². The molecular weight excluding hydrogens is 296 g/mol. The van der Waals surface area contributed by atoms with Crippen LogP contribution in [0.2, 0.25) is 0 Å². The highest BCUT2D eigenvalue weighted by Crippen LogP contribution is 2.38. The van der Waals surface area contributed by atoms with E-state index in [0.717, 1.165) is 22.0 Å². The van der Waals surface area contributed by atoms with E-state index < -0.39 is 0 Å². The van der Waals surface area contributed by atoms with Crippen LogP contribution in [-0.2, 0) is 0 Å². The van der Waals surface area contributed by atoms with Crippen molar-refractivity contribution in [3.8, 4) is 11.5 Å². The smallest absolute Gasteiger partial charge is 0.231 e. The molecule has 0 bridgehead atoms. The lowest BCUT2D eigenvalue weighted by Crippen LogP contribution is -2.13. The summed E-state index contributed by atoms with van der Waals surface area (Å²) in [5.41, 5.74) is 2.73. The van der Waals surface area contributed by atoms with Crippen molar-refractivity contribution < 1.29 is 14.4 Å². The Labute approximate surface area is 131 Å². The van der Waals surface area contributed by atoms with Crippen molar-refractivity contribution in [2.24, 2.45) is 0 Å². The normalized spacial score (nSPS) is 14.1. The maximum atomic E-state index is 11.2. The van der Waals surface area contributed by atoms with Gasteiger partial charge in [-0.25, -0.2) is 0 Å². The number of ether oxygens (including phenoxy) is 2. The van der Waals surface area contributed by atoms with Crippen LogP contribution in [0.25, 0.3) is 10.9 Å². The van der Waals surface area contributed by atoms with Crippen molar-refractivity contribution in [3.63, 3.8) is 0 Å². The van der Waals surface area contributed by atoms with E-state index >= 15 is 0 Å². The standard InChI is InChI=1S/C17H14N2O4/c20-19(21)9-14(11-5-6-16-17(7-11)23-10-22-16)13-8-18-15-4-2-1-3-12(13)15/h1-8,14,18H,9-10H2. The third kappa shape index (κ3) is 2.38. The van der Waals surface area contributed by atoms with Crippen LogP contribution in [0, 0.1) is 10.1 Å². The number of nitro groups is 1. The molecule has 0 amide bonds. The highest BCUT2D eigenvalue weighted by molar-refractivity contribution is 5.84. The Kier molecular flexibility index (Phi) is 3.15. The number of H-pyrrole nitrogens is 1. The van der Waals surface area contributed by atoms with Crippen molar-refractivity contribution in [3.05, 3.63) is 69.9 Å². The van der Waals surface area contributed by atoms with E-state index in [2.05, 4.69) is 4.98 Å². The Morgan fingerprint density at radius 2 is 2.00 bits per heavy atom. The molecule has 4 rings (SSSR count). The number of aromatic nitrogens is 1. The zero-order chi connectivity index (χ0) is 15.8. The molecule has 3 aromatic rings. The molecule has 6 heteroatoms. The fourth-order valence-corrected chi connectivity index (χ4v) is 3.04. The highest BCUT2D eigenvalue weighted by atomic mass is 16.7. The van der Waals surface area contributed by atoms with Crippen molar-refractivity contribution in [1.82, 2.24) is 4.98 Å². The lowest BCUT2D eigenvalue weighted by molar-refractivity contribution is -0.481. The maximum absolute atomic E-state index is 11.2. The van der Waals surface area contributed by atoms with Gasteiger partial charge in [-0.2, -0.15) is 0 Å². The van der Waals surface area contributed by atoms with Crippen LogP contribution in [-0.4, -0.2) is 23.2 Å². The fourth-order valence-electron chi connectivity index (χ4n) is 3.04. The zero-order valence-corrected chi connectivity index (χ0v) is 12.2. The summed E-state index contributed by atoms with van der Waals surface area (Å²) in [7, 11) is 0. The molecule has 0 spiro atoms. The van der Waals surface area contributed by atoms with Crippen molar-refractivity contribution in [1.29, 1.82) is 0 Å². The summed E-state index contributed by atoms with van der Waals surface area (Å²) in [5.74, 6) is 0.957. The largest absolute Gasteiger partial charge is 0.454 e. The average Bonchev–Trinajstić information content (AvgIpc) is 3.18. The number of hydrogen-bond donors (Lipinski definition) is 1. The number of hydrogen-bond acceptors (Lipinski definition) is 4. The predicted octanol–water partition coefficient (Wildman–Crippen LogP) is 3.31. The van der Waals surface area contributed by atoms with Gasteiger partial charge >= 0.3 is 0 Å². The number of rotatable bonds is 4. The number of nitrogens with one attached hydrogen (secondary N) is 1. The second-order valence-electron chi connectivity index (χ2n) is 5.47. The Balaban J connectivity index is 1.83. The van der Waals surface area contributed by atoms with Crippen LogP contribution >= 0.6 is 0 Å². The molecule has 0 saturated heterocycles. The summed E-state index contributed by atoms with van der Waals surface area (Å²) in [6.45, 7) is 0.00721. The van der Waals surface area contributed by atoms with E-state index in [9.17, 15) is 10.1 Å². The molecule has 0 aliphatic carbocycles. The lowest BCUT2D eigenvalue weighted by Gasteiger charge is -2.13. The molecule has 1 N–H and O–H groups in total. The molecule has 1 aliphatic rings. The van der Waals surface area contributed by atoms with E-state index in [1.807, 2.05) is 42.6 Å². The van der Waals surface area contributed by atoms with Crippen LogP contribution < -0.4 is 9.47 Å². The Bertz CT molecular complexity index is 887. The van der Waals surface area contributed by atoms with Crippen molar-refractivity contribution in [2.75, 3.05) is 13.3 Å². The summed E-state index contributed by atoms with van der Waals surface area (Å²) >= 11 is 0. The zero-order valence-electron chi connectivity index (χ0n) is 12.2. The van der Waals surface area contributed by atoms with E-state index in [4.69, 9.17) is 9.47 Å². The second-order valence-corrected chi connectivity index (χ2v) is 5.47. The van der Waals surface area contributed by atoms with Crippen LogP contribution in [0.1, 0.15) is 17.0 Å². The van der Waals surface area contributed by atoms with Crippen molar-refractivity contribution in [2.45, 2.75) is 5.92 Å². The van der Waals surface area contributed by atoms with E-state index in [0.29, 0.717) is 11.5 Å². The topological polar surface area (TPSA) is 77.4 Å². The molecule has 1 aromatic heterocycles. The molecule has 2 heterocycles. The molecule has 0 fully saturated rings. The minimum atomic E-state index is -0.351. The lowest BCUT2D eigenvalue weighted by atomic mass is 9.91. The van der Waals surface area contributed by atoms with Gasteiger partial charge in [-0.05, 0) is 29.3 Å². The SMILES string of the molecule is O=[N+]([O-])CC(c1ccc2c(c1)OCO2)c1c[nH]c2ccccc12. The van der Waals surface area contributed by atoms with Gasteiger partial charge in [0, 0.05) is 22.0 Å². The molecule has 6 nitrogen and oxygen atoms in total. The molecular formula is C17H14N2O4. The molecule has 1 aliphatic heterocycles. The number of aromatic amines is 1. The summed E-state index contributed by atoms with van der Waals surface area (Å²) < 4.78 is 10.7. The fraction of sp³-hybridized carbons (Fsp3) is 0.176. The van der Waals surface area contributed by atoms with Crippen LogP contribution in [0.15, 0.2) is 48.7 Å². The van der Waals surface area contributed by atoms with Gasteiger partial charge in [0.2, 0.25) is 13.3 Å². The first-order valence-corrected chi connectivity index (χ1v) is 7.30. The van der Waals surface area contributed by atoms with E-state index in [1.54, 1.807) is 6.07 Å². The van der Waals surface area contributed by atoms with Gasteiger partial charge in [0.1, 0.15) is 0 Å². The Hall–Kier alpha value is -3.02. The van der Waals surface area contributed by atoms with E-state index in [-0.39, 0.29) is 24.2 Å². The van der Waals surface area contributed by atoms with Gasteiger partial charge in [0.25, 0.3) is 0 Å². The maximum Gasteiger partial charge on any atom is 0.231 e. The van der Waals surface area contributed by atoms with Gasteiger partial charge in [-0.3, -0.25) is 10.1 Å². The van der Waals surface area contributed by atoms with Gasteiger partial charge < -0.3 is 14.5 Å². The molecule has 1 atom stereocenters. The number of fused-ring (bicyclic) bond motifs is 2. The first-order chi connectivity index (χ1) is 11.2. The minimum absolute atomic E-state index is 0.179. The first kappa shape index (κ1) is 13.6. The van der Waals surface area contributed by atoms with E-state index in [1.165, 1.54) is 0 Å². The van der Waals surface area contributed by atoms with Crippen LogP contribution in [0.3, 0.4) is 0 Å².